The number of amides is 1. The van der Waals surface area contributed by atoms with Gasteiger partial charge < -0.3 is 19.7 Å². The van der Waals surface area contributed by atoms with Gasteiger partial charge in [0.1, 0.15) is 17.5 Å². The van der Waals surface area contributed by atoms with E-state index in [4.69, 9.17) is 14.5 Å². The van der Waals surface area contributed by atoms with Crippen LogP contribution in [0.15, 0.2) is 46.0 Å². The summed E-state index contributed by atoms with van der Waals surface area (Å²) in [5.41, 5.74) is 1.51. The molecule has 4 rings (SSSR count). The van der Waals surface area contributed by atoms with Crippen LogP contribution in [0.3, 0.4) is 0 Å². The van der Waals surface area contributed by atoms with Gasteiger partial charge in [-0.2, -0.15) is 0 Å². The molecule has 3 heterocycles. The molecule has 2 aliphatic heterocycles. The van der Waals surface area contributed by atoms with Gasteiger partial charge in [0, 0.05) is 36.3 Å². The third-order valence-electron chi connectivity index (χ3n) is 6.36. The van der Waals surface area contributed by atoms with Crippen molar-refractivity contribution in [3.05, 3.63) is 63.0 Å². The van der Waals surface area contributed by atoms with Crippen LogP contribution >= 0.6 is 11.3 Å². The molecule has 8 nitrogen and oxygen atoms in total. The topological polar surface area (TPSA) is 93.1 Å². The molecule has 1 aromatic heterocycles. The zero-order valence-electron chi connectivity index (χ0n) is 21.8. The first-order valence-electron chi connectivity index (χ1n) is 12.5. The molecule has 2 aliphatic rings. The number of amidine groups is 1. The van der Waals surface area contributed by atoms with Crippen molar-refractivity contribution in [2.24, 2.45) is 10.9 Å². The number of benzene rings is 1. The predicted molar refractivity (Wildman–Crippen MR) is 140 cm³/mol. The van der Waals surface area contributed by atoms with E-state index in [2.05, 4.69) is 10.3 Å². The normalized spacial score (nSPS) is 18.8. The summed E-state index contributed by atoms with van der Waals surface area (Å²) in [6.07, 6.45) is 2.57. The van der Waals surface area contributed by atoms with Gasteiger partial charge in [0.25, 0.3) is 0 Å². The Kier molecular flexibility index (Phi) is 7.96. The second kappa shape index (κ2) is 11.0. The van der Waals surface area contributed by atoms with Crippen LogP contribution in [0.5, 0.6) is 0 Å². The van der Waals surface area contributed by atoms with Crippen LogP contribution < -0.4 is 5.32 Å². The van der Waals surface area contributed by atoms with Crippen molar-refractivity contribution >= 4 is 29.2 Å². The number of rotatable bonds is 5. The first-order valence-corrected chi connectivity index (χ1v) is 13.4. The lowest BCUT2D eigenvalue weighted by molar-refractivity contribution is -0.139. The minimum atomic E-state index is -0.756. The van der Waals surface area contributed by atoms with Crippen LogP contribution in [0.1, 0.15) is 62.7 Å². The number of halogens is 1. The molecule has 0 bridgehead atoms. The molecule has 1 atom stereocenters. The monoisotopic (exact) mass is 528 g/mol. The number of likely N-dealkylation sites (tertiary alicyclic amines) is 1. The second-order valence-corrected chi connectivity index (χ2v) is 11.0. The number of nitrogens with zero attached hydrogens (tertiary/aromatic N) is 3. The lowest BCUT2D eigenvalue weighted by atomic mass is 9.85. The highest BCUT2D eigenvalue weighted by atomic mass is 32.1. The van der Waals surface area contributed by atoms with E-state index in [-0.39, 0.29) is 24.4 Å². The SMILES string of the molecule is CCOC(=O)C1=C(C2CCN(C(=O)OC(C)(C)C)CC2)NC(c2nccs2)=NC1c1cccc(F)c1C. The summed E-state index contributed by atoms with van der Waals surface area (Å²) in [5, 5.41) is 5.90. The highest BCUT2D eigenvalue weighted by molar-refractivity contribution is 7.11. The summed E-state index contributed by atoms with van der Waals surface area (Å²) in [4.78, 5) is 36.9. The van der Waals surface area contributed by atoms with Crippen LogP contribution in [0.4, 0.5) is 9.18 Å². The second-order valence-electron chi connectivity index (χ2n) is 10.1. The van der Waals surface area contributed by atoms with Crippen LogP contribution in [-0.4, -0.2) is 53.1 Å². The number of allylic oxidation sites excluding steroid dienone is 1. The minimum absolute atomic E-state index is 0.0695. The maximum absolute atomic E-state index is 14.6. The highest BCUT2D eigenvalue weighted by Crippen LogP contribution is 2.39. The summed E-state index contributed by atoms with van der Waals surface area (Å²) in [5.74, 6) is -0.395. The quantitative estimate of drug-likeness (QED) is 0.540. The molecule has 2 aromatic rings. The fourth-order valence-corrected chi connectivity index (χ4v) is 5.18. The number of hydrogen-bond donors (Lipinski definition) is 1. The highest BCUT2D eigenvalue weighted by Gasteiger charge is 2.38. The number of aromatic nitrogens is 1. The Balaban J connectivity index is 1.73. The van der Waals surface area contributed by atoms with Gasteiger partial charge >= 0.3 is 12.1 Å². The first kappa shape index (κ1) is 26.8. The van der Waals surface area contributed by atoms with Crippen molar-refractivity contribution in [1.29, 1.82) is 0 Å². The molecule has 1 aromatic carbocycles. The molecule has 1 amide bonds. The van der Waals surface area contributed by atoms with E-state index in [0.717, 1.165) is 0 Å². The third-order valence-corrected chi connectivity index (χ3v) is 7.14. The molecule has 0 saturated carbocycles. The van der Waals surface area contributed by atoms with Gasteiger partial charge in [-0.1, -0.05) is 12.1 Å². The van der Waals surface area contributed by atoms with Gasteiger partial charge in [-0.05, 0) is 64.7 Å². The lowest BCUT2D eigenvalue weighted by Crippen LogP contribution is -2.44. The largest absolute Gasteiger partial charge is 0.463 e. The number of hydrogen-bond acceptors (Lipinski definition) is 8. The van der Waals surface area contributed by atoms with Gasteiger partial charge in [0.15, 0.2) is 10.8 Å². The van der Waals surface area contributed by atoms with E-state index in [9.17, 15) is 14.0 Å². The third kappa shape index (κ3) is 6.01. The van der Waals surface area contributed by atoms with Crippen molar-refractivity contribution in [3.8, 4) is 0 Å². The van der Waals surface area contributed by atoms with E-state index in [1.807, 2.05) is 26.2 Å². The number of piperidine rings is 1. The summed E-state index contributed by atoms with van der Waals surface area (Å²) < 4.78 is 25.6. The molecule has 1 saturated heterocycles. The van der Waals surface area contributed by atoms with E-state index in [0.29, 0.717) is 59.2 Å². The molecular formula is C27H33FN4O4S. The summed E-state index contributed by atoms with van der Waals surface area (Å²) in [7, 11) is 0. The minimum Gasteiger partial charge on any atom is -0.463 e. The van der Waals surface area contributed by atoms with Gasteiger partial charge in [0.2, 0.25) is 0 Å². The van der Waals surface area contributed by atoms with Crippen LogP contribution in [0.2, 0.25) is 0 Å². The Morgan fingerprint density at radius 3 is 2.59 bits per heavy atom. The van der Waals surface area contributed by atoms with Crippen molar-refractivity contribution in [2.45, 2.75) is 59.1 Å². The van der Waals surface area contributed by atoms with Crippen molar-refractivity contribution in [3.63, 3.8) is 0 Å². The fraction of sp³-hybridized carbons (Fsp3) is 0.481. The van der Waals surface area contributed by atoms with E-state index in [1.165, 1.54) is 17.4 Å². The zero-order chi connectivity index (χ0) is 26.7. The number of ether oxygens (including phenoxy) is 2. The van der Waals surface area contributed by atoms with Crippen LogP contribution in [0.25, 0.3) is 0 Å². The fourth-order valence-electron chi connectivity index (χ4n) is 4.59. The van der Waals surface area contributed by atoms with Crippen LogP contribution in [0, 0.1) is 18.7 Å². The Labute approximate surface area is 220 Å². The van der Waals surface area contributed by atoms with Crippen molar-refractivity contribution in [2.75, 3.05) is 19.7 Å². The average molecular weight is 529 g/mol. The van der Waals surface area contributed by atoms with E-state index in [1.54, 1.807) is 37.1 Å². The molecule has 37 heavy (non-hydrogen) atoms. The Morgan fingerprint density at radius 1 is 1.24 bits per heavy atom. The van der Waals surface area contributed by atoms with E-state index < -0.39 is 17.6 Å². The number of aliphatic imine (C=N–C) groups is 1. The van der Waals surface area contributed by atoms with Gasteiger partial charge in [-0.3, -0.25) is 4.99 Å². The van der Waals surface area contributed by atoms with Crippen molar-refractivity contribution in [1.82, 2.24) is 15.2 Å². The number of carbonyl (C=O) groups is 2. The summed E-state index contributed by atoms with van der Waals surface area (Å²) in [6, 6.07) is 4.06. The molecule has 1 N–H and O–H groups in total. The Hall–Kier alpha value is -3.27. The number of carbonyl (C=O) groups excluding carboxylic acids is 2. The van der Waals surface area contributed by atoms with Crippen molar-refractivity contribution < 1.29 is 23.5 Å². The van der Waals surface area contributed by atoms with Crippen LogP contribution in [-0.2, 0) is 14.3 Å². The predicted octanol–water partition coefficient (Wildman–Crippen LogP) is 5.15. The van der Waals surface area contributed by atoms with Gasteiger partial charge in [0.05, 0.1) is 12.2 Å². The summed E-state index contributed by atoms with van der Waals surface area (Å²) >= 11 is 1.43. The molecule has 1 unspecified atom stereocenters. The standard InChI is InChI=1S/C27H33FN4O4S/c1-6-35-25(33)20-21(17-10-13-32(14-11-17)26(34)36-27(3,4)5)30-23(24-29-12-15-37-24)31-22(20)18-8-7-9-19(28)16(18)2/h7-9,12,15,17,22H,6,10-11,13-14H2,1-5H3,(H,30,31). The number of esters is 1. The first-order chi connectivity index (χ1) is 17.6. The molecule has 1 fully saturated rings. The van der Waals surface area contributed by atoms with Gasteiger partial charge in [-0.15, -0.1) is 11.3 Å². The average Bonchev–Trinajstić information content (AvgIpc) is 3.39. The van der Waals surface area contributed by atoms with Gasteiger partial charge in [-0.25, -0.2) is 19.0 Å². The molecule has 0 radical (unpaired) electrons. The molecule has 0 aliphatic carbocycles. The molecule has 0 spiro atoms. The number of nitrogens with one attached hydrogen (secondary N) is 1. The molecule has 198 valence electrons. The summed E-state index contributed by atoms with van der Waals surface area (Å²) in [6.45, 7) is 10.1. The molecular weight excluding hydrogens is 495 g/mol. The lowest BCUT2D eigenvalue weighted by Gasteiger charge is -2.37. The Bertz CT molecular complexity index is 1210. The smallest absolute Gasteiger partial charge is 0.410 e. The zero-order valence-corrected chi connectivity index (χ0v) is 22.7. The Morgan fingerprint density at radius 2 is 1.97 bits per heavy atom. The number of thiazole rings is 1. The maximum atomic E-state index is 14.6. The maximum Gasteiger partial charge on any atom is 0.410 e. The van der Waals surface area contributed by atoms with E-state index >= 15 is 0 Å². The molecule has 10 heteroatoms.